The van der Waals surface area contributed by atoms with E-state index in [0.29, 0.717) is 0 Å². The third kappa shape index (κ3) is 3.87. The van der Waals surface area contributed by atoms with Crippen LogP contribution < -0.4 is 5.14 Å². The summed E-state index contributed by atoms with van der Waals surface area (Å²) in [5.41, 5.74) is 0. The van der Waals surface area contributed by atoms with Crippen LogP contribution in [0.25, 0.3) is 0 Å². The number of hydrogen-bond acceptors (Lipinski definition) is 2. The highest BCUT2D eigenvalue weighted by Gasteiger charge is 1.94. The van der Waals surface area contributed by atoms with Crippen LogP contribution in [-0.4, -0.2) is 14.4 Å². The first-order valence-electron chi connectivity index (χ1n) is 1.15. The molecule has 0 saturated carbocycles. The van der Waals surface area contributed by atoms with Crippen LogP contribution in [0.4, 0.5) is 0 Å². The van der Waals surface area contributed by atoms with Crippen LogP contribution in [0.3, 0.4) is 0 Å². The summed E-state index contributed by atoms with van der Waals surface area (Å²) in [7, 11) is -3.72. The van der Waals surface area contributed by atoms with E-state index in [1.165, 1.54) is 0 Å². The summed E-state index contributed by atoms with van der Waals surface area (Å²) in [4.78, 5) is 0. The molecule has 0 rings (SSSR count). The zero-order valence-corrected chi connectivity index (χ0v) is 3.73. The summed E-state index contributed by atoms with van der Waals surface area (Å²) in [6, 6.07) is 0. The van der Waals surface area contributed by atoms with E-state index >= 15 is 0 Å². The Morgan fingerprint density at radius 1 is 1.50 bits per heavy atom. The van der Waals surface area contributed by atoms with Gasteiger partial charge in [-0.25, -0.2) is 18.7 Å². The summed E-state index contributed by atoms with van der Waals surface area (Å²) in [5.74, 6) is -1.23. The maximum absolute atomic E-state index is 9.47. The van der Waals surface area contributed by atoms with Gasteiger partial charge in [0.25, 0.3) is 0 Å². The molecule has 0 aromatic heterocycles. The molecular weight excluding hydrogens is 106 g/mol. The Morgan fingerprint density at radius 3 is 1.67 bits per heavy atom. The van der Waals surface area contributed by atoms with Crippen LogP contribution in [0.1, 0.15) is 0 Å². The zero-order valence-electron chi connectivity index (χ0n) is 2.92. The molecular formula is CH4NO3S. The second kappa shape index (κ2) is 1.55. The zero-order chi connectivity index (χ0) is 5.21. The van der Waals surface area contributed by atoms with Gasteiger partial charge >= 0.3 is 0 Å². The molecule has 0 aromatic rings. The topological polar surface area (TPSA) is 80.1 Å². The lowest BCUT2D eigenvalue weighted by Gasteiger charge is -1.78. The molecule has 0 fully saturated rings. The van der Waals surface area contributed by atoms with Crippen LogP contribution >= 0.6 is 0 Å². The molecule has 0 amide bonds. The highest BCUT2D eigenvalue weighted by atomic mass is 32.2. The highest BCUT2D eigenvalue weighted by Crippen LogP contribution is 1.65. The highest BCUT2D eigenvalue weighted by molar-refractivity contribution is 7.88. The number of rotatable bonds is 1. The lowest BCUT2D eigenvalue weighted by molar-refractivity contribution is 0.250. The van der Waals surface area contributed by atoms with Crippen molar-refractivity contribution in [1.29, 1.82) is 0 Å². The first kappa shape index (κ1) is 5.87. The molecule has 0 atom stereocenters. The summed E-state index contributed by atoms with van der Waals surface area (Å²) in [6.45, 7) is 0. The molecule has 0 aliphatic heterocycles. The molecule has 4 nitrogen and oxygen atoms in total. The molecule has 0 aliphatic rings. The minimum absolute atomic E-state index is 1.23. The van der Waals surface area contributed by atoms with Crippen molar-refractivity contribution >= 4 is 10.0 Å². The van der Waals surface area contributed by atoms with Crippen molar-refractivity contribution in [3.05, 3.63) is 0 Å². The van der Waals surface area contributed by atoms with Crippen molar-refractivity contribution < 1.29 is 13.5 Å². The molecule has 5 heteroatoms. The fourth-order valence-electron chi connectivity index (χ4n) is 0. The van der Waals surface area contributed by atoms with Crippen molar-refractivity contribution in [2.24, 2.45) is 5.14 Å². The largest absolute Gasteiger partial charge is 0.236 e. The van der Waals surface area contributed by atoms with Gasteiger partial charge in [0.2, 0.25) is 10.0 Å². The second-order valence-electron chi connectivity index (χ2n) is 0.781. The third-order valence-corrected chi connectivity index (χ3v) is 0.493. The predicted octanol–water partition coefficient (Wildman–Crippen LogP) is -1.34. The van der Waals surface area contributed by atoms with E-state index in [4.69, 9.17) is 0 Å². The normalized spacial score (nSPS) is 11.7. The number of hydrogen-bond donors (Lipinski definition) is 1. The lowest BCUT2D eigenvalue weighted by Crippen LogP contribution is -2.14. The minimum atomic E-state index is -3.72. The quantitative estimate of drug-likeness (QED) is 0.453. The van der Waals surface area contributed by atoms with Crippen molar-refractivity contribution in [3.63, 3.8) is 0 Å². The number of sulfonamides is 1. The second-order valence-corrected chi connectivity index (χ2v) is 2.34. The third-order valence-electron chi connectivity index (χ3n) is 0.164. The van der Waals surface area contributed by atoms with Gasteiger partial charge in [-0.05, 0) is 0 Å². The van der Waals surface area contributed by atoms with Crippen LogP contribution in [0.5, 0.6) is 0 Å². The Kier molecular flexibility index (Phi) is 1.51. The SMILES string of the molecule is NS(=O)(=O)C[O]. The van der Waals surface area contributed by atoms with Crippen LogP contribution in [0, 0.1) is 0 Å². The van der Waals surface area contributed by atoms with Gasteiger partial charge in [-0.2, -0.15) is 0 Å². The van der Waals surface area contributed by atoms with Crippen molar-refractivity contribution in [1.82, 2.24) is 0 Å². The van der Waals surface area contributed by atoms with Gasteiger partial charge in [-0.15, -0.1) is 0 Å². The molecule has 0 aliphatic carbocycles. The molecule has 0 saturated heterocycles. The Bertz CT molecular complexity index is 113. The summed E-state index contributed by atoms with van der Waals surface area (Å²) in [6.07, 6.45) is 0. The van der Waals surface area contributed by atoms with Gasteiger partial charge in [0.15, 0.2) is 5.94 Å². The standard InChI is InChI=1S/CH4NO3S/c2-6(4,5)1-3/h1H2,(H2,2,4,5). The number of nitrogens with two attached hydrogens (primary N) is 1. The van der Waals surface area contributed by atoms with Gasteiger partial charge in [-0.3, -0.25) is 0 Å². The molecule has 1 radical (unpaired) electrons. The lowest BCUT2D eigenvalue weighted by atomic mass is 11.7. The van der Waals surface area contributed by atoms with Crippen molar-refractivity contribution in [2.75, 3.05) is 5.94 Å². The van der Waals surface area contributed by atoms with Crippen LogP contribution in [0.15, 0.2) is 0 Å². The van der Waals surface area contributed by atoms with Crippen molar-refractivity contribution in [2.45, 2.75) is 0 Å². The molecule has 2 N–H and O–H groups in total. The minimum Gasteiger partial charge on any atom is -0.227 e. The Labute approximate surface area is 35.6 Å². The Balaban J connectivity index is 3.85. The predicted molar refractivity (Wildman–Crippen MR) is 18.7 cm³/mol. The molecule has 37 valence electrons. The van der Waals surface area contributed by atoms with E-state index in [1.807, 2.05) is 0 Å². The summed E-state index contributed by atoms with van der Waals surface area (Å²) < 4.78 is 18.9. The Hall–Kier alpha value is -0.130. The van der Waals surface area contributed by atoms with E-state index in [1.54, 1.807) is 0 Å². The van der Waals surface area contributed by atoms with Crippen molar-refractivity contribution in [3.8, 4) is 0 Å². The smallest absolute Gasteiger partial charge is 0.227 e. The summed E-state index contributed by atoms with van der Waals surface area (Å²) in [5, 5.41) is 13.4. The number of primary sulfonamides is 1. The summed E-state index contributed by atoms with van der Waals surface area (Å²) >= 11 is 0. The van der Waals surface area contributed by atoms with Gasteiger partial charge in [0, 0.05) is 0 Å². The van der Waals surface area contributed by atoms with Crippen LogP contribution in [0.2, 0.25) is 0 Å². The molecule has 6 heavy (non-hydrogen) atoms. The fourth-order valence-corrected chi connectivity index (χ4v) is 0. The first-order chi connectivity index (χ1) is 2.56. The molecule has 0 bridgehead atoms. The molecule has 0 unspecified atom stereocenters. The maximum atomic E-state index is 9.47. The van der Waals surface area contributed by atoms with Gasteiger partial charge in [0.05, 0.1) is 0 Å². The average molecular weight is 110 g/mol. The van der Waals surface area contributed by atoms with Gasteiger partial charge < -0.3 is 0 Å². The van der Waals surface area contributed by atoms with E-state index in [-0.39, 0.29) is 0 Å². The monoisotopic (exact) mass is 110 g/mol. The van der Waals surface area contributed by atoms with E-state index in [0.717, 1.165) is 0 Å². The van der Waals surface area contributed by atoms with E-state index in [2.05, 4.69) is 5.14 Å². The molecule has 0 heterocycles. The van der Waals surface area contributed by atoms with E-state index in [9.17, 15) is 13.5 Å². The molecule has 0 aromatic carbocycles. The van der Waals surface area contributed by atoms with Gasteiger partial charge in [-0.1, -0.05) is 0 Å². The molecule has 0 spiro atoms. The maximum Gasteiger partial charge on any atom is 0.236 e. The first-order valence-corrected chi connectivity index (χ1v) is 2.86. The Morgan fingerprint density at radius 2 is 1.67 bits per heavy atom. The van der Waals surface area contributed by atoms with Crippen LogP contribution in [-0.2, 0) is 15.1 Å². The van der Waals surface area contributed by atoms with E-state index < -0.39 is 16.0 Å². The average Bonchev–Trinajstić information content (AvgIpc) is 1.35. The van der Waals surface area contributed by atoms with Gasteiger partial charge in [0.1, 0.15) is 0 Å². The fraction of sp³-hybridized carbons (Fsp3) is 1.00.